The summed E-state index contributed by atoms with van der Waals surface area (Å²) in [6, 6.07) is 92.1. The molecule has 0 saturated carbocycles. The molecule has 1 aromatic heterocycles. The number of rotatable bonds is 9. The van der Waals surface area contributed by atoms with Gasteiger partial charge in [-0.1, -0.05) is 200 Å². The van der Waals surface area contributed by atoms with Gasteiger partial charge in [0, 0.05) is 33.4 Å². The monoisotopic (exact) mass is 790 g/mol. The molecular weight excluding hydrogens is 749 g/mol. The SMILES string of the molecule is c1ccc(-c2ccc(N(c3cccc(-c4ccc5c6ccccc6n(-c6ccccc6)c5c4)c3)c3ccccc3-c3ccccc3-c3ccccc3-c3ccccc3)cc2)cc1. The quantitative estimate of drug-likeness (QED) is 0.141. The number of fused-ring (bicyclic) bond motifs is 3. The highest BCUT2D eigenvalue weighted by atomic mass is 15.1. The van der Waals surface area contributed by atoms with Crippen molar-refractivity contribution in [3.63, 3.8) is 0 Å². The molecule has 0 radical (unpaired) electrons. The van der Waals surface area contributed by atoms with Gasteiger partial charge in [0.15, 0.2) is 0 Å². The summed E-state index contributed by atoms with van der Waals surface area (Å²) < 4.78 is 2.39. The molecule has 2 heteroatoms. The molecule has 0 amide bonds. The Bertz CT molecular complexity index is 3330. The normalized spacial score (nSPS) is 11.2. The minimum atomic E-state index is 1.08. The molecule has 1 heterocycles. The van der Waals surface area contributed by atoms with Crippen LogP contribution in [0.25, 0.3) is 83.1 Å². The van der Waals surface area contributed by atoms with Crippen LogP contribution < -0.4 is 4.90 Å². The van der Waals surface area contributed by atoms with Gasteiger partial charge in [0.25, 0.3) is 0 Å². The van der Waals surface area contributed by atoms with Crippen molar-refractivity contribution in [1.82, 2.24) is 4.57 Å². The predicted octanol–water partition coefficient (Wildman–Crippen LogP) is 16.6. The Morgan fingerprint density at radius 3 is 1.47 bits per heavy atom. The Morgan fingerprint density at radius 1 is 0.258 bits per heavy atom. The number of aromatic nitrogens is 1. The zero-order valence-corrected chi connectivity index (χ0v) is 34.1. The molecule has 11 rings (SSSR count). The van der Waals surface area contributed by atoms with Crippen LogP contribution in [-0.4, -0.2) is 4.57 Å². The van der Waals surface area contributed by atoms with Crippen molar-refractivity contribution >= 4 is 38.9 Å². The highest BCUT2D eigenvalue weighted by Gasteiger charge is 2.21. The number of benzene rings is 10. The predicted molar refractivity (Wildman–Crippen MR) is 263 cm³/mol. The summed E-state index contributed by atoms with van der Waals surface area (Å²) in [6.07, 6.45) is 0. The lowest BCUT2D eigenvalue weighted by molar-refractivity contribution is 1.18. The first-order valence-electron chi connectivity index (χ1n) is 21.3. The van der Waals surface area contributed by atoms with Crippen molar-refractivity contribution in [3.05, 3.63) is 255 Å². The molecule has 62 heavy (non-hydrogen) atoms. The van der Waals surface area contributed by atoms with Crippen LogP contribution in [0.4, 0.5) is 17.1 Å². The number of nitrogens with zero attached hydrogens (tertiary/aromatic N) is 2. The van der Waals surface area contributed by atoms with Crippen LogP contribution in [0, 0.1) is 0 Å². The fourth-order valence-electron chi connectivity index (χ4n) is 9.13. The summed E-state index contributed by atoms with van der Waals surface area (Å²) in [6.45, 7) is 0. The molecule has 0 aliphatic heterocycles. The summed E-state index contributed by atoms with van der Waals surface area (Å²) in [4.78, 5) is 2.42. The lowest BCUT2D eigenvalue weighted by Gasteiger charge is -2.29. The van der Waals surface area contributed by atoms with E-state index in [9.17, 15) is 0 Å². The Balaban J connectivity index is 1.08. The summed E-state index contributed by atoms with van der Waals surface area (Å²) in [5.74, 6) is 0. The van der Waals surface area contributed by atoms with E-state index in [-0.39, 0.29) is 0 Å². The Morgan fingerprint density at radius 2 is 0.742 bits per heavy atom. The van der Waals surface area contributed by atoms with Gasteiger partial charge in [-0.15, -0.1) is 0 Å². The second-order valence-electron chi connectivity index (χ2n) is 15.7. The van der Waals surface area contributed by atoms with Crippen molar-refractivity contribution in [2.24, 2.45) is 0 Å². The molecule has 2 nitrogen and oxygen atoms in total. The van der Waals surface area contributed by atoms with Gasteiger partial charge in [-0.25, -0.2) is 0 Å². The third-order valence-electron chi connectivity index (χ3n) is 12.0. The van der Waals surface area contributed by atoms with Crippen LogP contribution >= 0.6 is 0 Å². The molecule has 0 bridgehead atoms. The number of para-hydroxylation sites is 3. The number of anilines is 3. The van der Waals surface area contributed by atoms with Crippen LogP contribution in [0.1, 0.15) is 0 Å². The minimum Gasteiger partial charge on any atom is -0.310 e. The molecule has 0 atom stereocenters. The molecule has 0 spiro atoms. The molecule has 0 saturated heterocycles. The van der Waals surface area contributed by atoms with E-state index in [0.717, 1.165) is 39.4 Å². The lowest BCUT2D eigenvalue weighted by Crippen LogP contribution is -2.11. The zero-order valence-electron chi connectivity index (χ0n) is 34.1. The second kappa shape index (κ2) is 16.1. The van der Waals surface area contributed by atoms with Crippen molar-refractivity contribution < 1.29 is 0 Å². The van der Waals surface area contributed by atoms with E-state index >= 15 is 0 Å². The third kappa shape index (κ3) is 6.74. The smallest absolute Gasteiger partial charge is 0.0547 e. The summed E-state index contributed by atoms with van der Waals surface area (Å²) in [7, 11) is 0. The van der Waals surface area contributed by atoms with E-state index in [1.54, 1.807) is 0 Å². The van der Waals surface area contributed by atoms with Crippen LogP contribution in [0.5, 0.6) is 0 Å². The van der Waals surface area contributed by atoms with Gasteiger partial charge >= 0.3 is 0 Å². The Kier molecular flexibility index (Phi) is 9.57. The van der Waals surface area contributed by atoms with E-state index in [0.29, 0.717) is 0 Å². The van der Waals surface area contributed by atoms with E-state index < -0.39 is 0 Å². The van der Waals surface area contributed by atoms with Crippen molar-refractivity contribution in [2.45, 2.75) is 0 Å². The second-order valence-corrected chi connectivity index (χ2v) is 15.7. The molecule has 0 aliphatic carbocycles. The summed E-state index contributed by atoms with van der Waals surface area (Å²) in [5.41, 5.74) is 18.6. The van der Waals surface area contributed by atoms with Gasteiger partial charge in [-0.3, -0.25) is 0 Å². The van der Waals surface area contributed by atoms with E-state index in [1.165, 1.54) is 60.8 Å². The zero-order chi connectivity index (χ0) is 41.2. The van der Waals surface area contributed by atoms with Gasteiger partial charge in [0.1, 0.15) is 0 Å². The van der Waals surface area contributed by atoms with Crippen molar-refractivity contribution in [2.75, 3.05) is 4.90 Å². The third-order valence-corrected chi connectivity index (χ3v) is 12.0. The standard InChI is InChI=1S/C60H42N2/c1-4-19-43(20-5-1)44-35-38-49(39-36-44)61(58-33-16-14-31-55(58)54-30-13-12-29-53(54)52-28-11-10-27-51(52)45-21-6-2-7-22-45)50-26-18-23-46(41-50)47-37-40-57-56-32-15-17-34-59(56)62(60(57)42-47)48-24-8-3-9-25-48/h1-42H. The first kappa shape index (κ1) is 36.8. The molecule has 0 N–H and O–H groups in total. The fourth-order valence-corrected chi connectivity index (χ4v) is 9.13. The molecule has 292 valence electrons. The first-order chi connectivity index (χ1) is 30.8. The van der Waals surface area contributed by atoms with E-state index in [1.807, 2.05) is 0 Å². The van der Waals surface area contributed by atoms with Crippen molar-refractivity contribution in [1.29, 1.82) is 0 Å². The maximum atomic E-state index is 2.42. The van der Waals surface area contributed by atoms with E-state index in [2.05, 4.69) is 264 Å². The molecule has 10 aromatic carbocycles. The number of hydrogen-bond donors (Lipinski definition) is 0. The molecule has 0 fully saturated rings. The molecule has 0 unspecified atom stereocenters. The average Bonchev–Trinajstić information content (AvgIpc) is 3.69. The lowest BCUT2D eigenvalue weighted by atomic mass is 9.88. The van der Waals surface area contributed by atoms with Gasteiger partial charge < -0.3 is 9.47 Å². The van der Waals surface area contributed by atoms with Gasteiger partial charge in [0.2, 0.25) is 0 Å². The Labute approximate surface area is 362 Å². The number of hydrogen-bond acceptors (Lipinski definition) is 1. The van der Waals surface area contributed by atoms with Crippen molar-refractivity contribution in [3.8, 4) is 61.3 Å². The maximum absolute atomic E-state index is 2.42. The summed E-state index contributed by atoms with van der Waals surface area (Å²) >= 11 is 0. The van der Waals surface area contributed by atoms with Gasteiger partial charge in [-0.2, -0.15) is 0 Å². The van der Waals surface area contributed by atoms with Gasteiger partial charge in [0.05, 0.1) is 16.7 Å². The van der Waals surface area contributed by atoms with Crippen LogP contribution in [0.15, 0.2) is 255 Å². The summed E-state index contributed by atoms with van der Waals surface area (Å²) in [5, 5.41) is 2.49. The van der Waals surface area contributed by atoms with Crippen LogP contribution in [0.2, 0.25) is 0 Å². The highest BCUT2D eigenvalue weighted by molar-refractivity contribution is 6.10. The first-order valence-corrected chi connectivity index (χ1v) is 21.3. The molecular formula is C60H42N2. The molecule has 0 aliphatic rings. The minimum absolute atomic E-state index is 1.08. The largest absolute Gasteiger partial charge is 0.310 e. The topological polar surface area (TPSA) is 8.17 Å². The fraction of sp³-hybridized carbons (Fsp3) is 0. The Hall–Kier alpha value is -8.20. The highest BCUT2D eigenvalue weighted by Crippen LogP contribution is 2.46. The van der Waals surface area contributed by atoms with E-state index in [4.69, 9.17) is 0 Å². The average molecular weight is 791 g/mol. The maximum Gasteiger partial charge on any atom is 0.0547 e. The van der Waals surface area contributed by atoms with Crippen LogP contribution in [0.3, 0.4) is 0 Å². The molecule has 11 aromatic rings. The van der Waals surface area contributed by atoms with Gasteiger partial charge in [-0.05, 0) is 105 Å². The van der Waals surface area contributed by atoms with Crippen LogP contribution in [-0.2, 0) is 0 Å².